The third-order valence-electron chi connectivity index (χ3n) is 1.81. The van der Waals surface area contributed by atoms with E-state index >= 15 is 0 Å². The number of benzene rings is 1. The molecule has 2 aliphatic rings. The zero-order chi connectivity index (χ0) is 9.84. The van der Waals surface area contributed by atoms with Gasteiger partial charge in [0.15, 0.2) is 0 Å². The second-order valence-electron chi connectivity index (χ2n) is 3.02. The smallest absolute Gasteiger partial charge is 0.0523 e. The van der Waals surface area contributed by atoms with Gasteiger partial charge < -0.3 is 5.11 Å². The third kappa shape index (κ3) is 3.11. The van der Waals surface area contributed by atoms with Gasteiger partial charge in [0.25, 0.3) is 0 Å². The molecule has 0 amide bonds. The lowest BCUT2D eigenvalue weighted by Gasteiger charge is -2.02. The van der Waals surface area contributed by atoms with Crippen molar-refractivity contribution in [2.75, 3.05) is 5.88 Å². The Morgan fingerprint density at radius 3 is 2.23 bits per heavy atom. The van der Waals surface area contributed by atoms with Gasteiger partial charge in [0, 0.05) is 9.45 Å². The third-order valence-corrected chi connectivity index (χ3v) is 2.92. The molecule has 0 heterocycles. The molecule has 0 aliphatic heterocycles. The van der Waals surface area contributed by atoms with Gasteiger partial charge >= 0.3 is 0 Å². The predicted octanol–water partition coefficient (Wildman–Crippen LogP) is 2.89. The fourth-order valence-electron chi connectivity index (χ4n) is 0.901. The zero-order valence-corrected chi connectivity index (χ0v) is 10.3. The molecule has 0 aromatic carbocycles. The van der Waals surface area contributed by atoms with E-state index in [9.17, 15) is 0 Å². The molecular weight excluding hydrogens is 298 g/mol. The highest BCUT2D eigenvalue weighted by molar-refractivity contribution is 14.1. The van der Waals surface area contributed by atoms with Crippen molar-refractivity contribution < 1.29 is 5.11 Å². The largest absolute Gasteiger partial charge is 0.393 e. The lowest BCUT2D eigenvalue weighted by molar-refractivity contribution is 0.192. The van der Waals surface area contributed by atoms with Crippen LogP contribution < -0.4 is 0 Å². The van der Waals surface area contributed by atoms with Crippen molar-refractivity contribution in [3.63, 3.8) is 0 Å². The number of rotatable bonds is 2. The Kier molecular flexibility index (Phi) is 4.49. The van der Waals surface area contributed by atoms with Gasteiger partial charge in [-0.25, -0.2) is 0 Å². The van der Waals surface area contributed by atoms with E-state index in [0.29, 0.717) is 12.3 Å². The zero-order valence-electron chi connectivity index (χ0n) is 7.43. The van der Waals surface area contributed by atoms with Crippen molar-refractivity contribution in [3.05, 3.63) is 32.2 Å². The summed E-state index contributed by atoms with van der Waals surface area (Å²) in [6, 6.07) is 6.48. The molecule has 2 rings (SSSR count). The van der Waals surface area contributed by atoms with Crippen molar-refractivity contribution in [3.8, 4) is 0 Å². The molecule has 0 aromatic heterocycles. The van der Waals surface area contributed by atoms with Crippen LogP contribution in [0.3, 0.4) is 0 Å². The van der Waals surface area contributed by atoms with Gasteiger partial charge in [0.05, 0.1) is 6.10 Å². The summed E-state index contributed by atoms with van der Waals surface area (Å²) >= 11 is 7.57. The second kappa shape index (κ2) is 5.17. The van der Waals surface area contributed by atoms with Gasteiger partial charge in [-0.1, -0.05) is 12.1 Å². The molecule has 1 N–H and O–H groups in total. The minimum absolute atomic E-state index is 0.234. The van der Waals surface area contributed by atoms with E-state index < -0.39 is 0 Å². The summed E-state index contributed by atoms with van der Waals surface area (Å²) in [5.74, 6) is 0.553. The molecule has 72 valence electrons. The minimum Gasteiger partial charge on any atom is -0.393 e. The van der Waals surface area contributed by atoms with Crippen LogP contribution >= 0.6 is 34.2 Å². The number of alkyl halides is 1. The van der Waals surface area contributed by atoms with Crippen LogP contribution in [0.2, 0.25) is 0 Å². The minimum atomic E-state index is -0.234. The maximum absolute atomic E-state index is 8.47. The molecule has 0 bridgehead atoms. The Labute approximate surface area is 96.6 Å². The van der Waals surface area contributed by atoms with Crippen LogP contribution in [-0.4, -0.2) is 17.1 Å². The molecule has 0 aromatic rings. The van der Waals surface area contributed by atoms with Crippen molar-refractivity contribution in [1.29, 1.82) is 0 Å². The predicted molar refractivity (Wildman–Crippen MR) is 63.8 cm³/mol. The lowest BCUT2D eigenvalue weighted by Crippen LogP contribution is -1.98. The van der Waals surface area contributed by atoms with Crippen molar-refractivity contribution in [2.24, 2.45) is 0 Å². The van der Waals surface area contributed by atoms with E-state index in [1.54, 1.807) is 6.92 Å². The van der Waals surface area contributed by atoms with Crippen LogP contribution in [0.25, 0.3) is 0 Å². The standard InChI is InChI=1S/C6H3I.C4H9ClO/c7-6-3-4-1-2-5(4)6;1-4(6)2-3-5/h1-3H;4,6H,2-3H2,1H3. The highest BCUT2D eigenvalue weighted by atomic mass is 127. The SMILES string of the molecule is CC(O)CCCl.Ic1cc2ccc1=2. The van der Waals surface area contributed by atoms with Crippen molar-refractivity contribution in [1.82, 2.24) is 0 Å². The van der Waals surface area contributed by atoms with Gasteiger partial charge in [-0.3, -0.25) is 0 Å². The molecule has 0 fully saturated rings. The number of hydrogen-bond donors (Lipinski definition) is 1. The molecule has 1 nitrogen and oxygen atoms in total. The van der Waals surface area contributed by atoms with Gasteiger partial charge in [-0.15, -0.1) is 11.6 Å². The van der Waals surface area contributed by atoms with E-state index in [1.807, 2.05) is 0 Å². The van der Waals surface area contributed by atoms with Gasteiger partial charge in [-0.05, 0) is 52.4 Å². The summed E-state index contributed by atoms with van der Waals surface area (Å²) in [6.07, 6.45) is 0.462. The highest BCUT2D eigenvalue weighted by Crippen LogP contribution is 2.16. The first-order chi connectivity index (χ1) is 6.15. The van der Waals surface area contributed by atoms with E-state index in [0.717, 1.165) is 0 Å². The van der Waals surface area contributed by atoms with Gasteiger partial charge in [0.1, 0.15) is 0 Å². The quantitative estimate of drug-likeness (QED) is 0.668. The molecule has 1 unspecified atom stereocenters. The van der Waals surface area contributed by atoms with E-state index in [4.69, 9.17) is 16.7 Å². The van der Waals surface area contributed by atoms with Crippen LogP contribution in [0.1, 0.15) is 13.3 Å². The molecule has 0 spiro atoms. The monoisotopic (exact) mass is 310 g/mol. The summed E-state index contributed by atoms with van der Waals surface area (Å²) in [6.45, 7) is 1.72. The fraction of sp³-hybridized carbons (Fsp3) is 0.400. The Morgan fingerprint density at radius 1 is 1.54 bits per heavy atom. The molecule has 1 atom stereocenters. The van der Waals surface area contributed by atoms with Crippen LogP contribution in [-0.2, 0) is 0 Å². The number of aliphatic hydroxyl groups is 1. The van der Waals surface area contributed by atoms with Crippen LogP contribution in [0.15, 0.2) is 18.2 Å². The Hall–Kier alpha value is 0.200. The average Bonchev–Trinajstić information content (AvgIpc) is 2.00. The van der Waals surface area contributed by atoms with Crippen LogP contribution in [0, 0.1) is 14.0 Å². The van der Waals surface area contributed by atoms with E-state index in [-0.39, 0.29) is 6.10 Å². The summed E-state index contributed by atoms with van der Waals surface area (Å²) in [5.41, 5.74) is 0. The highest BCUT2D eigenvalue weighted by Gasteiger charge is 1.99. The first kappa shape index (κ1) is 11.3. The topological polar surface area (TPSA) is 20.2 Å². The fourth-order valence-corrected chi connectivity index (χ4v) is 2.04. The maximum Gasteiger partial charge on any atom is 0.0523 e. The molecule has 13 heavy (non-hydrogen) atoms. The van der Waals surface area contributed by atoms with Crippen LogP contribution in [0.5, 0.6) is 0 Å². The van der Waals surface area contributed by atoms with Crippen molar-refractivity contribution >= 4 is 34.2 Å². The Bertz CT molecular complexity index is 362. The molecule has 0 saturated carbocycles. The number of aliphatic hydroxyl groups excluding tert-OH is 1. The van der Waals surface area contributed by atoms with Crippen molar-refractivity contribution in [2.45, 2.75) is 19.4 Å². The molecular formula is C10H12ClIO. The molecule has 0 radical (unpaired) electrons. The molecule has 2 aliphatic carbocycles. The summed E-state index contributed by atoms with van der Waals surface area (Å²) in [4.78, 5) is 0. The van der Waals surface area contributed by atoms with Crippen LogP contribution in [0.4, 0.5) is 0 Å². The maximum atomic E-state index is 8.47. The van der Waals surface area contributed by atoms with Gasteiger partial charge in [-0.2, -0.15) is 0 Å². The number of hydrogen-bond acceptors (Lipinski definition) is 1. The molecule has 0 saturated heterocycles. The first-order valence-electron chi connectivity index (χ1n) is 4.19. The second-order valence-corrected chi connectivity index (χ2v) is 4.56. The Balaban J connectivity index is 0.000000133. The summed E-state index contributed by atoms with van der Waals surface area (Å²) in [7, 11) is 0. The van der Waals surface area contributed by atoms with E-state index in [1.165, 1.54) is 14.0 Å². The van der Waals surface area contributed by atoms with Gasteiger partial charge in [0.2, 0.25) is 0 Å². The number of halogens is 2. The normalized spacial score (nSPS) is 12.9. The molecule has 3 heteroatoms. The average molecular weight is 311 g/mol. The van der Waals surface area contributed by atoms with E-state index in [2.05, 4.69) is 40.8 Å². The lowest BCUT2D eigenvalue weighted by atomic mass is 10.1. The Morgan fingerprint density at radius 2 is 2.23 bits per heavy atom. The summed E-state index contributed by atoms with van der Waals surface area (Å²) < 4.78 is 1.41. The summed E-state index contributed by atoms with van der Waals surface area (Å²) in [5, 5.41) is 11.4. The first-order valence-corrected chi connectivity index (χ1v) is 5.80.